The van der Waals surface area contributed by atoms with Crippen molar-refractivity contribution in [3.8, 4) is 0 Å². The highest BCUT2D eigenvalue weighted by Gasteiger charge is 2.62. The number of hydrogen-bond acceptors (Lipinski definition) is 5. The summed E-state index contributed by atoms with van der Waals surface area (Å²) in [5, 5.41) is 0.859. The van der Waals surface area contributed by atoms with Gasteiger partial charge in [-0.1, -0.05) is 0 Å². The van der Waals surface area contributed by atoms with Crippen LogP contribution in [0.2, 0.25) is 0 Å². The molecule has 0 saturated carbocycles. The summed E-state index contributed by atoms with van der Waals surface area (Å²) in [6.07, 6.45) is 2.62. The summed E-state index contributed by atoms with van der Waals surface area (Å²) >= 11 is 0. The minimum atomic E-state index is -0.517. The van der Waals surface area contributed by atoms with Crippen molar-refractivity contribution >= 4 is 17.7 Å². The lowest BCUT2D eigenvalue weighted by Gasteiger charge is -2.17. The number of imide groups is 1. The highest BCUT2D eigenvalue weighted by molar-refractivity contribution is 6.08. The molecule has 0 unspecified atom stereocenters. The second-order valence-corrected chi connectivity index (χ2v) is 5.69. The lowest BCUT2D eigenvalue weighted by Crippen LogP contribution is -2.47. The highest BCUT2D eigenvalue weighted by atomic mass is 16.5. The van der Waals surface area contributed by atoms with Crippen LogP contribution in [-0.4, -0.2) is 34.9 Å². The molecule has 4 heterocycles. The minimum absolute atomic E-state index is 0.186. The van der Waals surface area contributed by atoms with Crippen molar-refractivity contribution in [2.24, 2.45) is 11.8 Å². The molecule has 3 saturated heterocycles. The number of hydrogen-bond donors (Lipinski definition) is 1. The SMILES string of the molecule is Cc1occc1C(=O)NN1C(=O)[C@@H]2[C@@H](C1=O)[C@@H]1CC[C@@H]2O1. The number of aryl methyl sites for hydroxylation is 1. The van der Waals surface area contributed by atoms with Gasteiger partial charge in [0.1, 0.15) is 5.76 Å². The largest absolute Gasteiger partial charge is 0.469 e. The van der Waals surface area contributed by atoms with Crippen LogP contribution < -0.4 is 5.43 Å². The lowest BCUT2D eigenvalue weighted by atomic mass is 9.81. The number of hydrazine groups is 1. The lowest BCUT2D eigenvalue weighted by molar-refractivity contribution is -0.145. The number of furan rings is 1. The summed E-state index contributed by atoms with van der Waals surface area (Å²) < 4.78 is 10.7. The third-order valence-corrected chi connectivity index (χ3v) is 4.60. The Hall–Kier alpha value is -2.15. The van der Waals surface area contributed by atoms with Gasteiger partial charge in [0.25, 0.3) is 17.7 Å². The predicted octanol–water partition coefficient (Wildman–Crippen LogP) is 0.395. The first-order valence-electron chi connectivity index (χ1n) is 6.96. The van der Waals surface area contributed by atoms with E-state index in [0.717, 1.165) is 17.9 Å². The summed E-state index contributed by atoms with van der Waals surface area (Å²) in [5.74, 6) is -1.70. The van der Waals surface area contributed by atoms with Gasteiger partial charge in [-0.15, -0.1) is 0 Å². The minimum Gasteiger partial charge on any atom is -0.469 e. The van der Waals surface area contributed by atoms with Crippen molar-refractivity contribution in [2.45, 2.75) is 32.0 Å². The summed E-state index contributed by atoms with van der Waals surface area (Å²) in [4.78, 5) is 36.9. The molecule has 7 heteroatoms. The van der Waals surface area contributed by atoms with Crippen molar-refractivity contribution in [2.75, 3.05) is 0 Å². The van der Waals surface area contributed by atoms with E-state index in [1.54, 1.807) is 6.92 Å². The molecule has 3 aliphatic rings. The number of nitrogens with one attached hydrogen (secondary N) is 1. The van der Waals surface area contributed by atoms with Crippen LogP contribution in [0.25, 0.3) is 0 Å². The normalized spacial score (nSPS) is 33.7. The van der Waals surface area contributed by atoms with Crippen LogP contribution in [0.3, 0.4) is 0 Å². The molecule has 4 rings (SSSR count). The molecule has 0 aliphatic carbocycles. The molecular weight excluding hydrogens is 276 g/mol. The van der Waals surface area contributed by atoms with Crippen LogP contribution in [0.5, 0.6) is 0 Å². The Balaban J connectivity index is 1.57. The Morgan fingerprint density at radius 1 is 1.24 bits per heavy atom. The van der Waals surface area contributed by atoms with Crippen molar-refractivity contribution < 1.29 is 23.5 Å². The van der Waals surface area contributed by atoms with Gasteiger partial charge in [0.05, 0.1) is 35.9 Å². The van der Waals surface area contributed by atoms with E-state index in [2.05, 4.69) is 5.43 Å². The van der Waals surface area contributed by atoms with Gasteiger partial charge in [-0.05, 0) is 25.8 Å². The highest BCUT2D eigenvalue weighted by Crippen LogP contribution is 2.48. The monoisotopic (exact) mass is 290 g/mol. The number of amides is 3. The Morgan fingerprint density at radius 3 is 2.38 bits per heavy atom. The summed E-state index contributed by atoms with van der Waals surface area (Å²) in [7, 11) is 0. The van der Waals surface area contributed by atoms with Gasteiger partial charge in [0, 0.05) is 0 Å². The second-order valence-electron chi connectivity index (χ2n) is 5.69. The molecule has 110 valence electrons. The number of ether oxygens (including phenoxy) is 1. The van der Waals surface area contributed by atoms with E-state index in [0.29, 0.717) is 11.3 Å². The van der Waals surface area contributed by atoms with E-state index in [-0.39, 0.29) is 24.0 Å². The average Bonchev–Trinajstić information content (AvgIpc) is 3.19. The van der Waals surface area contributed by atoms with E-state index in [4.69, 9.17) is 9.15 Å². The Bertz CT molecular complexity index is 624. The second kappa shape index (κ2) is 4.17. The van der Waals surface area contributed by atoms with Gasteiger partial charge in [0.2, 0.25) is 0 Å². The third kappa shape index (κ3) is 1.61. The van der Waals surface area contributed by atoms with E-state index in [1.165, 1.54) is 12.3 Å². The maximum absolute atomic E-state index is 12.4. The van der Waals surface area contributed by atoms with Crippen molar-refractivity contribution in [1.82, 2.24) is 10.4 Å². The number of fused-ring (bicyclic) bond motifs is 5. The molecular formula is C14H14N2O5. The molecule has 4 atom stereocenters. The van der Waals surface area contributed by atoms with Gasteiger partial charge in [0.15, 0.2) is 0 Å². The van der Waals surface area contributed by atoms with Crippen LogP contribution in [0.15, 0.2) is 16.7 Å². The molecule has 1 N–H and O–H groups in total. The molecule has 0 aromatic carbocycles. The maximum Gasteiger partial charge on any atom is 0.273 e. The fraction of sp³-hybridized carbons (Fsp3) is 0.500. The van der Waals surface area contributed by atoms with Gasteiger partial charge < -0.3 is 9.15 Å². The fourth-order valence-corrected chi connectivity index (χ4v) is 3.60. The molecule has 3 amide bonds. The summed E-state index contributed by atoms with van der Waals surface area (Å²) in [5.41, 5.74) is 2.71. The van der Waals surface area contributed by atoms with Gasteiger partial charge in [-0.3, -0.25) is 19.8 Å². The molecule has 3 fully saturated rings. The van der Waals surface area contributed by atoms with Crippen LogP contribution in [0, 0.1) is 18.8 Å². The van der Waals surface area contributed by atoms with Crippen LogP contribution in [-0.2, 0) is 14.3 Å². The van der Waals surface area contributed by atoms with Crippen molar-refractivity contribution in [3.05, 3.63) is 23.7 Å². The molecule has 1 aromatic heterocycles. The van der Waals surface area contributed by atoms with Gasteiger partial charge in [-0.2, -0.15) is 5.01 Å². The number of carbonyl (C=O) groups excluding carboxylic acids is 3. The Kier molecular flexibility index (Phi) is 2.50. The Labute approximate surface area is 120 Å². The quantitative estimate of drug-likeness (QED) is 0.796. The smallest absolute Gasteiger partial charge is 0.273 e. The van der Waals surface area contributed by atoms with E-state index in [1.807, 2.05) is 0 Å². The van der Waals surface area contributed by atoms with Crippen LogP contribution >= 0.6 is 0 Å². The molecule has 2 bridgehead atoms. The van der Waals surface area contributed by atoms with E-state index >= 15 is 0 Å². The van der Waals surface area contributed by atoms with Crippen molar-refractivity contribution in [3.63, 3.8) is 0 Å². The molecule has 3 aliphatic heterocycles. The van der Waals surface area contributed by atoms with Crippen LogP contribution in [0.1, 0.15) is 29.0 Å². The van der Waals surface area contributed by atoms with Crippen LogP contribution in [0.4, 0.5) is 0 Å². The first-order chi connectivity index (χ1) is 10.1. The fourth-order valence-electron chi connectivity index (χ4n) is 3.60. The molecule has 1 aromatic rings. The summed E-state index contributed by atoms with van der Waals surface area (Å²) in [6.45, 7) is 1.64. The first-order valence-corrected chi connectivity index (χ1v) is 6.96. The van der Waals surface area contributed by atoms with Gasteiger partial charge >= 0.3 is 0 Å². The standard InChI is InChI=1S/C14H14N2O5/c1-6-7(4-5-20-6)12(17)15-16-13(18)10-8-2-3-9(21-8)11(10)14(16)19/h4-5,8-11H,2-3H2,1H3,(H,15,17)/t8-,9-,10-,11-/m0/s1. The molecule has 7 nitrogen and oxygen atoms in total. The van der Waals surface area contributed by atoms with Gasteiger partial charge in [-0.25, -0.2) is 0 Å². The predicted molar refractivity (Wildman–Crippen MR) is 67.6 cm³/mol. The topological polar surface area (TPSA) is 88.9 Å². The zero-order valence-corrected chi connectivity index (χ0v) is 11.4. The zero-order valence-electron chi connectivity index (χ0n) is 11.4. The number of carbonyl (C=O) groups is 3. The Morgan fingerprint density at radius 2 is 1.86 bits per heavy atom. The number of nitrogens with zero attached hydrogens (tertiary/aromatic N) is 1. The molecule has 21 heavy (non-hydrogen) atoms. The van der Waals surface area contributed by atoms with E-state index < -0.39 is 17.7 Å². The number of rotatable bonds is 2. The zero-order chi connectivity index (χ0) is 14.7. The van der Waals surface area contributed by atoms with E-state index in [9.17, 15) is 14.4 Å². The molecule has 0 radical (unpaired) electrons. The summed E-state index contributed by atoms with van der Waals surface area (Å²) in [6, 6.07) is 1.50. The molecule has 0 spiro atoms. The third-order valence-electron chi connectivity index (χ3n) is 4.60. The maximum atomic E-state index is 12.4. The average molecular weight is 290 g/mol. The van der Waals surface area contributed by atoms with Crippen molar-refractivity contribution in [1.29, 1.82) is 0 Å². The first kappa shape index (κ1) is 12.6.